The largest absolute Gasteiger partial charge is 0.310 e. The summed E-state index contributed by atoms with van der Waals surface area (Å²) in [5.74, 6) is 0. The second-order valence-corrected chi connectivity index (χ2v) is 25.5. The van der Waals surface area contributed by atoms with Gasteiger partial charge in [-0.3, -0.25) is 0 Å². The van der Waals surface area contributed by atoms with Crippen LogP contribution in [0.25, 0.3) is 175 Å². The second-order valence-electron chi connectivity index (χ2n) is 25.5. The summed E-state index contributed by atoms with van der Waals surface area (Å²) in [5, 5.41) is 22.5. The highest BCUT2D eigenvalue weighted by molar-refractivity contribution is 7.01. The molecule has 2 aliphatic rings. The first-order valence-corrected chi connectivity index (χ1v) is 32.1. The number of fused-ring (bicyclic) bond motifs is 29. The number of benzene rings is 15. The van der Waals surface area contributed by atoms with Crippen LogP contribution in [-0.4, -0.2) is 25.8 Å². The van der Waals surface area contributed by atoms with Crippen LogP contribution in [0.3, 0.4) is 0 Å². The summed E-state index contributed by atoms with van der Waals surface area (Å²) in [5.41, 5.74) is 22.3. The van der Waals surface area contributed by atoms with Crippen molar-refractivity contribution in [1.29, 1.82) is 0 Å². The van der Waals surface area contributed by atoms with Crippen molar-refractivity contribution in [2.45, 2.75) is 52.4 Å². The summed E-state index contributed by atoms with van der Waals surface area (Å²) in [6.07, 6.45) is 6.59. The van der Waals surface area contributed by atoms with Gasteiger partial charge in [0.25, 0.3) is 6.71 Å². The molecular weight excluding hydrogens is 1080 g/mol. The number of hydrogen-bond donors (Lipinski definition) is 0. The Kier molecular flexibility index (Phi) is 10.3. The van der Waals surface area contributed by atoms with Gasteiger partial charge in [0, 0.05) is 48.9 Å². The first-order chi connectivity index (χ1) is 44.1. The molecule has 0 unspecified atom stereocenters. The molecule has 15 aromatic carbocycles. The van der Waals surface area contributed by atoms with E-state index in [0.29, 0.717) is 0 Å². The molecule has 0 fully saturated rings. The first-order valence-electron chi connectivity index (χ1n) is 32.1. The Morgan fingerprint density at radius 3 is 1.58 bits per heavy atom. The summed E-state index contributed by atoms with van der Waals surface area (Å²) >= 11 is 0. The average Bonchev–Trinajstić information content (AvgIpc) is 1.63. The van der Waals surface area contributed by atoms with Gasteiger partial charge in [-0.15, -0.1) is 0 Å². The number of nitrogens with zero attached hydrogens (tertiary/aromatic N) is 4. The molecule has 416 valence electrons. The third-order valence-corrected chi connectivity index (χ3v) is 20.7. The van der Waals surface area contributed by atoms with E-state index in [9.17, 15) is 0 Å². The lowest BCUT2D eigenvalue weighted by atomic mass is 9.34. The van der Waals surface area contributed by atoms with Crippen molar-refractivity contribution in [3.05, 3.63) is 248 Å². The van der Waals surface area contributed by atoms with Crippen LogP contribution in [0.2, 0.25) is 0 Å². The highest BCUT2D eigenvalue weighted by Gasteiger charge is 2.44. The SMILES string of the molecule is CCCCc1ccc2c3ccc(CCCC)cc3c3nc4c5c6c(cc4nc3c2c1)-n1c2ccc3c4ccccc4c4ccccc4c3c2c2cc(-c3ccccc3-c3ccccc3)cc(c21)B6c1cc2ccccc2c2c3c4ccccc4ccc3n-5c12. The van der Waals surface area contributed by atoms with Gasteiger partial charge in [0.15, 0.2) is 0 Å². The highest BCUT2D eigenvalue weighted by Crippen LogP contribution is 2.49. The molecule has 2 aliphatic heterocycles. The molecule has 18 aromatic rings. The van der Waals surface area contributed by atoms with E-state index in [4.69, 9.17) is 9.97 Å². The van der Waals surface area contributed by atoms with Crippen LogP contribution in [0.1, 0.15) is 50.7 Å². The normalized spacial score (nSPS) is 12.9. The number of aryl methyl sites for hydroxylation is 2. The molecule has 89 heavy (non-hydrogen) atoms. The third kappa shape index (κ3) is 6.69. The van der Waals surface area contributed by atoms with Gasteiger partial charge in [-0.05, 0) is 171 Å². The fourth-order valence-corrected chi connectivity index (χ4v) is 16.9. The van der Waals surface area contributed by atoms with E-state index in [-0.39, 0.29) is 6.71 Å². The zero-order valence-corrected chi connectivity index (χ0v) is 49.6. The Bertz CT molecular complexity index is 6170. The lowest BCUT2D eigenvalue weighted by molar-refractivity contribution is 0.796. The van der Waals surface area contributed by atoms with Gasteiger partial charge in [0.05, 0.1) is 38.8 Å². The van der Waals surface area contributed by atoms with E-state index in [1.165, 1.54) is 169 Å². The van der Waals surface area contributed by atoms with Crippen LogP contribution in [0.4, 0.5) is 0 Å². The predicted molar refractivity (Wildman–Crippen MR) is 381 cm³/mol. The van der Waals surface area contributed by atoms with Crippen molar-refractivity contribution in [2.75, 3.05) is 0 Å². The lowest BCUT2D eigenvalue weighted by Crippen LogP contribution is -2.59. The fourth-order valence-electron chi connectivity index (χ4n) is 16.9. The quantitative estimate of drug-likeness (QED) is 0.0863. The maximum Gasteiger partial charge on any atom is 0.252 e. The molecule has 5 heteroatoms. The van der Waals surface area contributed by atoms with Crippen molar-refractivity contribution in [3.8, 4) is 33.6 Å². The lowest BCUT2D eigenvalue weighted by Gasteiger charge is -2.34. The number of unbranched alkanes of at least 4 members (excludes halogenated alkanes) is 2. The van der Waals surface area contributed by atoms with Gasteiger partial charge < -0.3 is 9.13 Å². The minimum absolute atomic E-state index is 0.195. The molecule has 0 N–H and O–H groups in total. The standard InChI is InChI=1S/C84H57BN4/c1-3-5-20-48-34-37-61-62-38-35-49(21-6-4-2)43-66(62)80-79(65(61)42-48)86-70-47-73-78-84(81(70)87-80)89-72-40-36-51-24-10-12-28-56(51)75(72)77-57-29-13-11-25-52(57)45-69(83(77)89)85(78)68-46-53(55-27-15-14-26-54(55)50-22-8-7-9-23-50)44-67-76-71(88(73)82(67)68)41-39-64-60-32-17-16-30-58(60)59-31-18-19-33-63(59)74(64)76/h7-19,22-47H,3-6,20-21H2,1-2H3. The molecule has 0 saturated carbocycles. The fraction of sp³-hybridized carbons (Fsp3) is 0.0952. The van der Waals surface area contributed by atoms with Crippen molar-refractivity contribution in [2.24, 2.45) is 0 Å². The summed E-state index contributed by atoms with van der Waals surface area (Å²) in [6.45, 7) is 4.38. The third-order valence-electron chi connectivity index (χ3n) is 20.7. The molecule has 20 rings (SSSR count). The van der Waals surface area contributed by atoms with Gasteiger partial charge >= 0.3 is 0 Å². The number of rotatable bonds is 8. The molecule has 0 spiro atoms. The summed E-state index contributed by atoms with van der Waals surface area (Å²) in [6, 6.07) is 90.5. The van der Waals surface area contributed by atoms with Gasteiger partial charge in [-0.25, -0.2) is 9.97 Å². The summed E-state index contributed by atoms with van der Waals surface area (Å²) in [4.78, 5) is 12.4. The van der Waals surface area contributed by atoms with Gasteiger partial charge in [0.1, 0.15) is 5.52 Å². The van der Waals surface area contributed by atoms with Gasteiger partial charge in [-0.2, -0.15) is 0 Å². The van der Waals surface area contributed by atoms with Crippen LogP contribution >= 0.6 is 0 Å². The van der Waals surface area contributed by atoms with E-state index >= 15 is 0 Å². The monoisotopic (exact) mass is 1130 g/mol. The first kappa shape index (κ1) is 49.5. The topological polar surface area (TPSA) is 35.6 Å². The molecule has 4 nitrogen and oxygen atoms in total. The molecule has 0 amide bonds. The van der Waals surface area contributed by atoms with E-state index < -0.39 is 0 Å². The molecule has 5 heterocycles. The van der Waals surface area contributed by atoms with Crippen molar-refractivity contribution in [3.63, 3.8) is 0 Å². The Labute approximate surface area is 514 Å². The van der Waals surface area contributed by atoms with E-state index in [1.54, 1.807) is 0 Å². The summed E-state index contributed by atoms with van der Waals surface area (Å²) in [7, 11) is 0. The van der Waals surface area contributed by atoms with Crippen LogP contribution < -0.4 is 16.4 Å². The minimum atomic E-state index is -0.195. The summed E-state index contributed by atoms with van der Waals surface area (Å²) < 4.78 is 5.33. The van der Waals surface area contributed by atoms with Gasteiger partial charge in [-0.1, -0.05) is 227 Å². The van der Waals surface area contributed by atoms with Crippen molar-refractivity contribution < 1.29 is 0 Å². The van der Waals surface area contributed by atoms with Crippen LogP contribution in [0.15, 0.2) is 237 Å². The molecule has 0 saturated heterocycles. The predicted octanol–water partition coefficient (Wildman–Crippen LogP) is 20.2. The van der Waals surface area contributed by atoms with Crippen LogP contribution in [-0.2, 0) is 12.8 Å². The van der Waals surface area contributed by atoms with Gasteiger partial charge in [0.2, 0.25) is 0 Å². The molecule has 3 aromatic heterocycles. The van der Waals surface area contributed by atoms with Crippen molar-refractivity contribution >= 4 is 164 Å². The zero-order chi connectivity index (χ0) is 58.3. The average molecular weight is 1130 g/mol. The van der Waals surface area contributed by atoms with Crippen LogP contribution in [0.5, 0.6) is 0 Å². The maximum atomic E-state index is 6.26. The molecule has 0 bridgehead atoms. The zero-order valence-electron chi connectivity index (χ0n) is 49.6. The second kappa shape index (κ2) is 18.5. The highest BCUT2D eigenvalue weighted by atomic mass is 15.1. The molecule has 0 radical (unpaired) electrons. The Balaban J connectivity index is 1.03. The van der Waals surface area contributed by atoms with Crippen molar-refractivity contribution in [1.82, 2.24) is 19.1 Å². The number of aromatic nitrogens is 4. The molecular formula is C84H57BN4. The Morgan fingerprint density at radius 1 is 0.348 bits per heavy atom. The minimum Gasteiger partial charge on any atom is -0.310 e. The van der Waals surface area contributed by atoms with Crippen LogP contribution in [0, 0.1) is 0 Å². The molecule has 0 atom stereocenters. The smallest absolute Gasteiger partial charge is 0.252 e. The van der Waals surface area contributed by atoms with E-state index in [0.717, 1.165) is 72.0 Å². The molecule has 0 aliphatic carbocycles. The van der Waals surface area contributed by atoms with E-state index in [2.05, 4.69) is 260 Å². The maximum absolute atomic E-state index is 6.26. The Morgan fingerprint density at radius 2 is 0.876 bits per heavy atom. The number of hydrogen-bond acceptors (Lipinski definition) is 2. The van der Waals surface area contributed by atoms with E-state index in [1.807, 2.05) is 0 Å². The Hall–Kier alpha value is -10.6.